The van der Waals surface area contributed by atoms with Crippen molar-refractivity contribution in [3.63, 3.8) is 0 Å². The van der Waals surface area contributed by atoms with Gasteiger partial charge in [0, 0.05) is 17.3 Å². The summed E-state index contributed by atoms with van der Waals surface area (Å²) in [5, 5.41) is 6.47. The molecule has 2 N–H and O–H groups in total. The molecule has 1 unspecified atom stereocenters. The quantitative estimate of drug-likeness (QED) is 0.793. The number of carbonyl (C=O) groups excluding carboxylic acids is 1. The minimum absolute atomic E-state index is 0.152. The highest BCUT2D eigenvalue weighted by molar-refractivity contribution is 6.30. The second kappa shape index (κ2) is 8.92. The molecule has 0 radical (unpaired) electrons. The SMILES string of the molecule is COc1ccc(C(CNC(=O)Nc2ccc(Cl)cc2)N2CCCC2)cc1. The molecule has 3 rings (SSSR count). The Hall–Kier alpha value is -2.24. The molecule has 2 aromatic carbocycles. The molecular formula is C20H24ClN3O2. The van der Waals surface area contributed by atoms with Gasteiger partial charge in [-0.15, -0.1) is 0 Å². The number of benzene rings is 2. The van der Waals surface area contributed by atoms with Gasteiger partial charge in [-0.2, -0.15) is 0 Å². The van der Waals surface area contributed by atoms with Crippen LogP contribution in [-0.2, 0) is 0 Å². The van der Waals surface area contributed by atoms with Gasteiger partial charge in [0.25, 0.3) is 0 Å². The van der Waals surface area contributed by atoms with Crippen molar-refractivity contribution in [3.8, 4) is 5.75 Å². The fraction of sp³-hybridized carbons (Fsp3) is 0.350. The van der Waals surface area contributed by atoms with Crippen LogP contribution in [-0.4, -0.2) is 37.7 Å². The average molecular weight is 374 g/mol. The van der Waals surface area contributed by atoms with Crippen molar-refractivity contribution in [1.29, 1.82) is 0 Å². The largest absolute Gasteiger partial charge is 0.497 e. The van der Waals surface area contributed by atoms with Crippen molar-refractivity contribution in [2.75, 3.05) is 32.1 Å². The molecule has 5 nitrogen and oxygen atoms in total. The molecule has 0 bridgehead atoms. The van der Waals surface area contributed by atoms with E-state index < -0.39 is 0 Å². The molecule has 0 spiro atoms. The fourth-order valence-electron chi connectivity index (χ4n) is 3.23. The smallest absolute Gasteiger partial charge is 0.319 e. The summed E-state index contributed by atoms with van der Waals surface area (Å²) in [6.45, 7) is 2.65. The minimum Gasteiger partial charge on any atom is -0.497 e. The Kier molecular flexibility index (Phi) is 6.36. The van der Waals surface area contributed by atoms with Crippen LogP contribution in [0.25, 0.3) is 0 Å². The van der Waals surface area contributed by atoms with Gasteiger partial charge in [0.2, 0.25) is 0 Å². The van der Waals surface area contributed by atoms with E-state index in [1.165, 1.54) is 18.4 Å². The maximum absolute atomic E-state index is 12.3. The Balaban J connectivity index is 1.63. The molecule has 0 aliphatic carbocycles. The first kappa shape index (κ1) is 18.5. The van der Waals surface area contributed by atoms with Crippen LogP contribution < -0.4 is 15.4 Å². The molecule has 138 valence electrons. The van der Waals surface area contributed by atoms with E-state index in [0.717, 1.165) is 18.8 Å². The highest BCUT2D eigenvalue weighted by Gasteiger charge is 2.24. The van der Waals surface area contributed by atoms with E-state index in [0.29, 0.717) is 17.3 Å². The highest BCUT2D eigenvalue weighted by Crippen LogP contribution is 2.26. The summed E-state index contributed by atoms with van der Waals surface area (Å²) >= 11 is 5.87. The molecule has 0 aromatic heterocycles. The van der Waals surface area contributed by atoms with Crippen molar-refractivity contribution in [2.45, 2.75) is 18.9 Å². The molecule has 26 heavy (non-hydrogen) atoms. The van der Waals surface area contributed by atoms with Gasteiger partial charge >= 0.3 is 6.03 Å². The maximum atomic E-state index is 12.3. The minimum atomic E-state index is -0.218. The monoisotopic (exact) mass is 373 g/mol. The molecule has 6 heteroatoms. The molecule has 1 aliphatic heterocycles. The van der Waals surface area contributed by atoms with E-state index in [4.69, 9.17) is 16.3 Å². The molecule has 1 saturated heterocycles. The number of hydrogen-bond acceptors (Lipinski definition) is 3. The number of hydrogen-bond donors (Lipinski definition) is 2. The molecule has 1 heterocycles. The normalized spacial score (nSPS) is 15.5. The average Bonchev–Trinajstić information content (AvgIpc) is 3.19. The number of carbonyl (C=O) groups is 1. The first-order valence-electron chi connectivity index (χ1n) is 8.84. The number of halogens is 1. The van der Waals surface area contributed by atoms with Gasteiger partial charge in [-0.1, -0.05) is 23.7 Å². The van der Waals surface area contributed by atoms with Crippen LogP contribution in [0.3, 0.4) is 0 Å². The van der Waals surface area contributed by atoms with Gasteiger partial charge < -0.3 is 15.4 Å². The zero-order valence-corrected chi connectivity index (χ0v) is 15.6. The van der Waals surface area contributed by atoms with Crippen molar-refractivity contribution < 1.29 is 9.53 Å². The number of likely N-dealkylation sites (tertiary alicyclic amines) is 1. The van der Waals surface area contributed by atoms with Crippen LogP contribution in [0.2, 0.25) is 5.02 Å². The van der Waals surface area contributed by atoms with Crippen LogP contribution in [0.4, 0.5) is 10.5 Å². The third-order valence-electron chi connectivity index (χ3n) is 4.64. The number of methoxy groups -OCH3 is 1. The van der Waals surface area contributed by atoms with E-state index in [1.807, 2.05) is 12.1 Å². The molecule has 1 aliphatic rings. The van der Waals surface area contributed by atoms with Crippen molar-refractivity contribution in [2.24, 2.45) is 0 Å². The van der Waals surface area contributed by atoms with Crippen LogP contribution in [0.5, 0.6) is 5.75 Å². The first-order chi connectivity index (χ1) is 12.7. The molecule has 2 amide bonds. The molecule has 2 aromatic rings. The number of rotatable bonds is 6. The lowest BCUT2D eigenvalue weighted by Crippen LogP contribution is -2.38. The predicted octanol–water partition coefficient (Wildman–Crippen LogP) is 4.31. The summed E-state index contributed by atoms with van der Waals surface area (Å²) in [5.41, 5.74) is 1.90. The Bertz CT molecular complexity index is 713. The van der Waals surface area contributed by atoms with Gasteiger partial charge in [-0.25, -0.2) is 4.79 Å². The topological polar surface area (TPSA) is 53.6 Å². The van der Waals surface area contributed by atoms with Crippen molar-refractivity contribution in [3.05, 3.63) is 59.1 Å². The lowest BCUT2D eigenvalue weighted by atomic mass is 10.1. The molecular weight excluding hydrogens is 350 g/mol. The van der Waals surface area contributed by atoms with Crippen LogP contribution in [0.1, 0.15) is 24.4 Å². The van der Waals surface area contributed by atoms with Crippen LogP contribution in [0, 0.1) is 0 Å². The Morgan fingerprint density at radius 2 is 1.77 bits per heavy atom. The third-order valence-corrected chi connectivity index (χ3v) is 4.89. The van der Waals surface area contributed by atoms with Gasteiger partial charge in [0.05, 0.1) is 13.2 Å². The van der Waals surface area contributed by atoms with E-state index in [9.17, 15) is 4.79 Å². The highest BCUT2D eigenvalue weighted by atomic mass is 35.5. The van der Waals surface area contributed by atoms with Crippen molar-refractivity contribution >= 4 is 23.3 Å². The van der Waals surface area contributed by atoms with Gasteiger partial charge in [0.1, 0.15) is 5.75 Å². The number of nitrogens with zero attached hydrogens (tertiary/aromatic N) is 1. The van der Waals surface area contributed by atoms with Crippen molar-refractivity contribution in [1.82, 2.24) is 10.2 Å². The number of amides is 2. The van der Waals surface area contributed by atoms with Gasteiger partial charge in [-0.05, 0) is 67.9 Å². The fourth-order valence-corrected chi connectivity index (χ4v) is 3.36. The van der Waals surface area contributed by atoms with Crippen LogP contribution >= 0.6 is 11.6 Å². The Labute approximate surface area is 159 Å². The molecule has 1 fully saturated rings. The number of anilines is 1. The zero-order valence-electron chi connectivity index (χ0n) is 14.9. The summed E-state index contributed by atoms with van der Waals surface area (Å²) < 4.78 is 5.24. The summed E-state index contributed by atoms with van der Waals surface area (Å²) in [6.07, 6.45) is 2.40. The van der Waals surface area contributed by atoms with Crippen LogP contribution in [0.15, 0.2) is 48.5 Å². The standard InChI is InChI=1S/C20H24ClN3O2/c1-26-18-10-4-15(5-11-18)19(24-12-2-3-13-24)14-22-20(25)23-17-8-6-16(21)7-9-17/h4-11,19H,2-3,12-14H2,1H3,(H2,22,23,25). The Morgan fingerprint density at radius 1 is 1.12 bits per heavy atom. The number of urea groups is 1. The first-order valence-corrected chi connectivity index (χ1v) is 9.22. The van der Waals surface area contributed by atoms with E-state index >= 15 is 0 Å². The third kappa shape index (κ3) is 4.90. The summed E-state index contributed by atoms with van der Waals surface area (Å²) in [7, 11) is 1.66. The predicted molar refractivity (Wildman–Crippen MR) is 105 cm³/mol. The number of nitrogens with one attached hydrogen (secondary N) is 2. The summed E-state index contributed by atoms with van der Waals surface area (Å²) in [5.74, 6) is 0.836. The summed E-state index contributed by atoms with van der Waals surface area (Å²) in [6, 6.07) is 15.1. The maximum Gasteiger partial charge on any atom is 0.319 e. The second-order valence-electron chi connectivity index (χ2n) is 6.37. The number of ether oxygens (including phenoxy) is 1. The van der Waals surface area contributed by atoms with Gasteiger partial charge in [0.15, 0.2) is 0 Å². The lowest BCUT2D eigenvalue weighted by Gasteiger charge is -2.28. The Morgan fingerprint density at radius 3 is 2.38 bits per heavy atom. The van der Waals surface area contributed by atoms with E-state index in [-0.39, 0.29) is 12.1 Å². The lowest BCUT2D eigenvalue weighted by molar-refractivity contribution is 0.227. The van der Waals surface area contributed by atoms with E-state index in [1.54, 1.807) is 31.4 Å². The summed E-state index contributed by atoms with van der Waals surface area (Å²) in [4.78, 5) is 14.7. The molecule has 0 saturated carbocycles. The zero-order chi connectivity index (χ0) is 18.4. The van der Waals surface area contributed by atoms with Gasteiger partial charge in [-0.3, -0.25) is 4.90 Å². The molecule has 1 atom stereocenters. The second-order valence-corrected chi connectivity index (χ2v) is 6.81. The van der Waals surface area contributed by atoms with E-state index in [2.05, 4.69) is 27.7 Å².